The van der Waals surface area contributed by atoms with Crippen molar-refractivity contribution in [2.45, 2.75) is 6.54 Å². The standard InChI is InChI=1S/C21H15ClN4O2/c22-18-7-3-1-6-15(18)13-25-20(27)16-9-17(12-24-11-16)21(28)26-19-8-4-2-5-14(19)10-23/h1-9,11-12H,13H2,(H,25,27)(H,26,28). The fourth-order valence-corrected chi connectivity index (χ4v) is 2.69. The molecule has 138 valence electrons. The van der Waals surface area contributed by atoms with Crippen molar-refractivity contribution >= 4 is 29.1 Å². The molecule has 0 spiro atoms. The summed E-state index contributed by atoms with van der Waals surface area (Å²) in [6.45, 7) is 0.254. The van der Waals surface area contributed by atoms with Crippen molar-refractivity contribution in [1.29, 1.82) is 5.26 Å². The Labute approximate surface area is 166 Å². The maximum Gasteiger partial charge on any atom is 0.257 e. The first-order valence-corrected chi connectivity index (χ1v) is 8.73. The lowest BCUT2D eigenvalue weighted by Crippen LogP contribution is -2.24. The highest BCUT2D eigenvalue weighted by Gasteiger charge is 2.13. The van der Waals surface area contributed by atoms with Gasteiger partial charge in [0, 0.05) is 24.0 Å². The summed E-state index contributed by atoms with van der Waals surface area (Å²) in [5.41, 5.74) is 1.97. The minimum Gasteiger partial charge on any atom is -0.348 e. The first-order chi connectivity index (χ1) is 13.6. The maximum absolute atomic E-state index is 12.5. The van der Waals surface area contributed by atoms with Crippen LogP contribution in [0.5, 0.6) is 0 Å². The van der Waals surface area contributed by atoms with Gasteiger partial charge in [0.05, 0.1) is 22.4 Å². The van der Waals surface area contributed by atoms with Crippen LogP contribution in [-0.4, -0.2) is 16.8 Å². The highest BCUT2D eigenvalue weighted by molar-refractivity contribution is 6.31. The van der Waals surface area contributed by atoms with Crippen LogP contribution in [0.4, 0.5) is 5.69 Å². The second-order valence-electron chi connectivity index (χ2n) is 5.85. The van der Waals surface area contributed by atoms with Gasteiger partial charge < -0.3 is 10.6 Å². The largest absolute Gasteiger partial charge is 0.348 e. The lowest BCUT2D eigenvalue weighted by atomic mass is 10.1. The monoisotopic (exact) mass is 390 g/mol. The van der Waals surface area contributed by atoms with Crippen LogP contribution < -0.4 is 10.6 Å². The maximum atomic E-state index is 12.5. The molecule has 3 rings (SSSR count). The van der Waals surface area contributed by atoms with Crippen molar-refractivity contribution in [3.63, 3.8) is 0 Å². The zero-order chi connectivity index (χ0) is 19.9. The second kappa shape index (κ2) is 8.80. The van der Waals surface area contributed by atoms with Crippen LogP contribution in [-0.2, 0) is 6.54 Å². The van der Waals surface area contributed by atoms with Crippen LogP contribution in [0.25, 0.3) is 0 Å². The number of amides is 2. The minimum absolute atomic E-state index is 0.207. The Morgan fingerprint density at radius 2 is 1.68 bits per heavy atom. The third kappa shape index (κ3) is 4.53. The van der Waals surface area contributed by atoms with E-state index < -0.39 is 5.91 Å². The number of para-hydroxylation sites is 1. The molecule has 0 saturated heterocycles. The first kappa shape index (κ1) is 19.1. The number of halogens is 1. The third-order valence-electron chi connectivity index (χ3n) is 3.96. The van der Waals surface area contributed by atoms with Gasteiger partial charge in [-0.1, -0.05) is 41.9 Å². The Kier molecular flexibility index (Phi) is 6.00. The van der Waals surface area contributed by atoms with Crippen molar-refractivity contribution in [3.8, 4) is 6.07 Å². The highest BCUT2D eigenvalue weighted by atomic mass is 35.5. The molecule has 6 nitrogen and oxygen atoms in total. The van der Waals surface area contributed by atoms with Gasteiger partial charge in [0.25, 0.3) is 11.8 Å². The number of anilines is 1. The van der Waals surface area contributed by atoms with Crippen LogP contribution in [0.15, 0.2) is 67.0 Å². The summed E-state index contributed by atoms with van der Waals surface area (Å²) in [7, 11) is 0. The molecule has 1 aromatic heterocycles. The van der Waals surface area contributed by atoms with Gasteiger partial charge in [-0.3, -0.25) is 14.6 Å². The van der Waals surface area contributed by atoms with E-state index in [1.807, 2.05) is 24.3 Å². The van der Waals surface area contributed by atoms with E-state index in [1.165, 1.54) is 18.5 Å². The van der Waals surface area contributed by atoms with Crippen molar-refractivity contribution in [2.24, 2.45) is 0 Å². The predicted octanol–water partition coefficient (Wildman–Crippen LogP) is 3.79. The molecule has 0 fully saturated rings. The van der Waals surface area contributed by atoms with Gasteiger partial charge in [0.15, 0.2) is 0 Å². The summed E-state index contributed by atoms with van der Waals surface area (Å²) in [6.07, 6.45) is 2.73. The molecule has 1 heterocycles. The quantitative estimate of drug-likeness (QED) is 0.692. The second-order valence-corrected chi connectivity index (χ2v) is 6.26. The number of nitriles is 1. The van der Waals surface area contributed by atoms with Crippen LogP contribution >= 0.6 is 11.6 Å². The molecule has 2 aromatic carbocycles. The number of carbonyl (C=O) groups excluding carboxylic acids is 2. The number of carbonyl (C=O) groups is 2. The van der Waals surface area contributed by atoms with Crippen molar-refractivity contribution in [2.75, 3.05) is 5.32 Å². The van der Waals surface area contributed by atoms with Crippen LogP contribution in [0.3, 0.4) is 0 Å². The zero-order valence-corrected chi connectivity index (χ0v) is 15.4. The molecule has 0 radical (unpaired) electrons. The number of hydrogen-bond donors (Lipinski definition) is 2. The topological polar surface area (TPSA) is 94.9 Å². The molecule has 0 aliphatic carbocycles. The molecule has 0 saturated carbocycles. The van der Waals surface area contributed by atoms with E-state index in [-0.39, 0.29) is 23.6 Å². The molecular weight excluding hydrogens is 376 g/mol. The van der Waals surface area contributed by atoms with E-state index in [0.717, 1.165) is 5.56 Å². The number of nitrogens with zero attached hydrogens (tertiary/aromatic N) is 2. The molecule has 0 bridgehead atoms. The van der Waals surface area contributed by atoms with E-state index in [4.69, 9.17) is 16.9 Å². The van der Waals surface area contributed by atoms with E-state index in [9.17, 15) is 9.59 Å². The molecule has 0 atom stereocenters. The molecular formula is C21H15ClN4O2. The first-order valence-electron chi connectivity index (χ1n) is 8.35. The number of hydrogen-bond acceptors (Lipinski definition) is 4. The number of pyridine rings is 1. The number of aromatic nitrogens is 1. The molecule has 0 aliphatic rings. The van der Waals surface area contributed by atoms with Crippen LogP contribution in [0.2, 0.25) is 5.02 Å². The highest BCUT2D eigenvalue weighted by Crippen LogP contribution is 2.16. The third-order valence-corrected chi connectivity index (χ3v) is 4.32. The molecule has 0 unspecified atom stereocenters. The van der Waals surface area contributed by atoms with Gasteiger partial charge in [-0.25, -0.2) is 0 Å². The Morgan fingerprint density at radius 1 is 1.00 bits per heavy atom. The Hall–Kier alpha value is -3.69. The summed E-state index contributed by atoms with van der Waals surface area (Å²) >= 11 is 6.08. The Bertz CT molecular complexity index is 1080. The minimum atomic E-state index is -0.462. The number of nitrogens with one attached hydrogen (secondary N) is 2. The van der Waals surface area contributed by atoms with Crippen LogP contribution in [0.1, 0.15) is 31.8 Å². The van der Waals surface area contributed by atoms with Crippen molar-refractivity contribution < 1.29 is 9.59 Å². The average molecular weight is 391 g/mol. The number of rotatable bonds is 5. The van der Waals surface area contributed by atoms with Crippen molar-refractivity contribution in [3.05, 3.63) is 94.3 Å². The van der Waals surface area contributed by atoms with Gasteiger partial charge >= 0.3 is 0 Å². The molecule has 2 amide bonds. The average Bonchev–Trinajstić information content (AvgIpc) is 2.73. The summed E-state index contributed by atoms with van der Waals surface area (Å²) in [6, 6.07) is 17.3. The molecule has 7 heteroatoms. The smallest absolute Gasteiger partial charge is 0.257 e. The van der Waals surface area contributed by atoms with Gasteiger partial charge in [-0.15, -0.1) is 0 Å². The van der Waals surface area contributed by atoms with Gasteiger partial charge in [0.2, 0.25) is 0 Å². The molecule has 0 aliphatic heterocycles. The van der Waals surface area contributed by atoms with Gasteiger partial charge in [-0.05, 0) is 29.8 Å². The summed E-state index contributed by atoms with van der Waals surface area (Å²) < 4.78 is 0. The molecule has 2 N–H and O–H groups in total. The SMILES string of the molecule is N#Cc1ccccc1NC(=O)c1cncc(C(=O)NCc2ccccc2Cl)c1. The van der Waals surface area contributed by atoms with Crippen LogP contribution in [0, 0.1) is 11.3 Å². The fourth-order valence-electron chi connectivity index (χ4n) is 2.49. The Balaban J connectivity index is 1.71. The van der Waals surface area contributed by atoms with E-state index in [0.29, 0.717) is 16.3 Å². The molecule has 3 aromatic rings. The zero-order valence-electron chi connectivity index (χ0n) is 14.6. The van der Waals surface area contributed by atoms with Gasteiger partial charge in [0.1, 0.15) is 6.07 Å². The summed E-state index contributed by atoms with van der Waals surface area (Å²) in [5.74, 6) is -0.838. The van der Waals surface area contributed by atoms with Crippen molar-refractivity contribution in [1.82, 2.24) is 10.3 Å². The van der Waals surface area contributed by atoms with Gasteiger partial charge in [-0.2, -0.15) is 5.26 Å². The summed E-state index contributed by atoms with van der Waals surface area (Å²) in [4.78, 5) is 28.8. The lowest BCUT2D eigenvalue weighted by Gasteiger charge is -2.09. The summed E-state index contributed by atoms with van der Waals surface area (Å²) in [5, 5.41) is 15.1. The van der Waals surface area contributed by atoms with E-state index in [2.05, 4.69) is 15.6 Å². The number of benzene rings is 2. The Morgan fingerprint density at radius 3 is 2.43 bits per heavy atom. The van der Waals surface area contributed by atoms with E-state index >= 15 is 0 Å². The normalized spacial score (nSPS) is 10.0. The molecule has 28 heavy (non-hydrogen) atoms. The predicted molar refractivity (Wildman–Crippen MR) is 106 cm³/mol. The fraction of sp³-hybridized carbons (Fsp3) is 0.0476. The van der Waals surface area contributed by atoms with E-state index in [1.54, 1.807) is 30.3 Å². The lowest BCUT2D eigenvalue weighted by molar-refractivity contribution is 0.0950.